The SMILES string of the molecule is [O]CCCCCCc1cc[nH]c1. The van der Waals surface area contributed by atoms with E-state index in [9.17, 15) is 5.11 Å². The molecule has 1 aromatic heterocycles. The first-order valence-electron chi connectivity index (χ1n) is 4.63. The molecular weight excluding hydrogens is 150 g/mol. The number of aromatic amines is 1. The van der Waals surface area contributed by atoms with E-state index in [0.29, 0.717) is 0 Å². The average molecular weight is 166 g/mol. The third-order valence-electron chi connectivity index (χ3n) is 2.02. The second-order valence-electron chi connectivity index (χ2n) is 3.09. The molecule has 0 bridgehead atoms. The van der Waals surface area contributed by atoms with E-state index >= 15 is 0 Å². The van der Waals surface area contributed by atoms with Gasteiger partial charge in [0.1, 0.15) is 0 Å². The van der Waals surface area contributed by atoms with E-state index < -0.39 is 0 Å². The van der Waals surface area contributed by atoms with Crippen LogP contribution in [0.4, 0.5) is 0 Å². The lowest BCUT2D eigenvalue weighted by atomic mass is 10.1. The molecule has 0 amide bonds. The van der Waals surface area contributed by atoms with Crippen LogP contribution in [0.15, 0.2) is 18.5 Å². The zero-order valence-electron chi connectivity index (χ0n) is 7.38. The fourth-order valence-corrected chi connectivity index (χ4v) is 1.30. The Morgan fingerprint density at radius 3 is 2.67 bits per heavy atom. The minimum atomic E-state index is 0.0875. The largest absolute Gasteiger partial charge is 0.367 e. The number of aromatic nitrogens is 1. The third kappa shape index (κ3) is 3.58. The Hall–Kier alpha value is -0.760. The number of hydrogen-bond acceptors (Lipinski definition) is 0. The van der Waals surface area contributed by atoms with Gasteiger partial charge in [0.2, 0.25) is 0 Å². The van der Waals surface area contributed by atoms with E-state index in [1.165, 1.54) is 18.4 Å². The molecule has 0 unspecified atom stereocenters. The molecule has 1 N–H and O–H groups in total. The third-order valence-corrected chi connectivity index (χ3v) is 2.02. The highest BCUT2D eigenvalue weighted by atomic mass is 16.2. The van der Waals surface area contributed by atoms with Crippen molar-refractivity contribution in [1.29, 1.82) is 0 Å². The van der Waals surface area contributed by atoms with E-state index in [1.54, 1.807) is 0 Å². The molecule has 12 heavy (non-hydrogen) atoms. The van der Waals surface area contributed by atoms with Crippen molar-refractivity contribution in [2.24, 2.45) is 0 Å². The monoisotopic (exact) mass is 166 g/mol. The Morgan fingerprint density at radius 1 is 1.17 bits per heavy atom. The van der Waals surface area contributed by atoms with Gasteiger partial charge in [-0.2, -0.15) is 0 Å². The molecule has 67 valence electrons. The van der Waals surface area contributed by atoms with Crippen LogP contribution in [0.25, 0.3) is 0 Å². The number of nitrogens with one attached hydrogen (secondary N) is 1. The summed E-state index contributed by atoms with van der Waals surface area (Å²) in [6.45, 7) is 0.0875. The van der Waals surface area contributed by atoms with Gasteiger partial charge in [-0.3, -0.25) is 0 Å². The summed E-state index contributed by atoms with van der Waals surface area (Å²) in [5, 5.41) is 10.1. The predicted octanol–water partition coefficient (Wildman–Crippen LogP) is 2.55. The van der Waals surface area contributed by atoms with Gasteiger partial charge >= 0.3 is 0 Å². The number of unbranched alkanes of at least 4 members (excludes halogenated alkanes) is 3. The van der Waals surface area contributed by atoms with Crippen LogP contribution in [0.3, 0.4) is 0 Å². The minimum Gasteiger partial charge on any atom is -0.367 e. The maximum Gasteiger partial charge on any atom is 0.0822 e. The molecule has 0 spiro atoms. The summed E-state index contributed by atoms with van der Waals surface area (Å²) < 4.78 is 0. The predicted molar refractivity (Wildman–Crippen MR) is 48.5 cm³/mol. The van der Waals surface area contributed by atoms with Crippen LogP contribution in [0.5, 0.6) is 0 Å². The summed E-state index contributed by atoms with van der Waals surface area (Å²) in [4.78, 5) is 3.03. The first kappa shape index (κ1) is 9.33. The first-order valence-corrected chi connectivity index (χ1v) is 4.63. The molecule has 1 radical (unpaired) electrons. The van der Waals surface area contributed by atoms with Crippen molar-refractivity contribution in [1.82, 2.24) is 4.98 Å². The van der Waals surface area contributed by atoms with Gasteiger partial charge in [0.15, 0.2) is 0 Å². The average Bonchev–Trinajstić information content (AvgIpc) is 2.57. The molecule has 1 heterocycles. The zero-order chi connectivity index (χ0) is 8.65. The maximum absolute atomic E-state index is 10.1. The van der Waals surface area contributed by atoms with Gasteiger partial charge in [-0.15, -0.1) is 0 Å². The summed E-state index contributed by atoms with van der Waals surface area (Å²) in [5.74, 6) is 0. The molecule has 1 aromatic rings. The van der Waals surface area contributed by atoms with Gasteiger partial charge < -0.3 is 4.98 Å². The number of H-pyrrole nitrogens is 1. The zero-order valence-corrected chi connectivity index (χ0v) is 7.38. The molecule has 2 heteroatoms. The molecule has 0 saturated carbocycles. The second-order valence-corrected chi connectivity index (χ2v) is 3.09. The van der Waals surface area contributed by atoms with Crippen molar-refractivity contribution < 1.29 is 5.11 Å². The fourth-order valence-electron chi connectivity index (χ4n) is 1.30. The molecule has 0 aliphatic carbocycles. The molecule has 1 rings (SSSR count). The highest BCUT2D eigenvalue weighted by molar-refractivity contribution is 5.07. The Labute approximate surface area is 73.6 Å². The van der Waals surface area contributed by atoms with Crippen molar-refractivity contribution in [3.63, 3.8) is 0 Å². The topological polar surface area (TPSA) is 35.7 Å². The van der Waals surface area contributed by atoms with Crippen molar-refractivity contribution >= 4 is 0 Å². The number of rotatable bonds is 6. The highest BCUT2D eigenvalue weighted by Gasteiger charge is 1.92. The van der Waals surface area contributed by atoms with E-state index in [0.717, 1.165) is 19.3 Å². The summed E-state index contributed by atoms with van der Waals surface area (Å²) in [7, 11) is 0. The Balaban J connectivity index is 1.96. The standard InChI is InChI=1S/C10H16NO/c12-8-4-2-1-3-5-10-6-7-11-9-10/h6-7,9,11H,1-5,8H2. The van der Waals surface area contributed by atoms with Gasteiger partial charge in [0.25, 0.3) is 0 Å². The second kappa shape index (κ2) is 5.84. The van der Waals surface area contributed by atoms with Crippen molar-refractivity contribution in [2.75, 3.05) is 6.61 Å². The lowest BCUT2D eigenvalue weighted by Crippen LogP contribution is -1.85. The Morgan fingerprint density at radius 2 is 2.00 bits per heavy atom. The van der Waals surface area contributed by atoms with E-state index in [4.69, 9.17) is 0 Å². The van der Waals surface area contributed by atoms with E-state index in [2.05, 4.69) is 11.1 Å². The van der Waals surface area contributed by atoms with Crippen LogP contribution in [-0.4, -0.2) is 11.6 Å². The van der Waals surface area contributed by atoms with Gasteiger partial charge in [0.05, 0.1) is 6.61 Å². The van der Waals surface area contributed by atoms with Crippen molar-refractivity contribution in [2.45, 2.75) is 32.1 Å². The molecule has 2 nitrogen and oxygen atoms in total. The maximum atomic E-state index is 10.1. The van der Waals surface area contributed by atoms with Gasteiger partial charge in [-0.25, -0.2) is 5.11 Å². The molecule has 0 fully saturated rings. The molecule has 0 atom stereocenters. The van der Waals surface area contributed by atoms with Crippen LogP contribution in [0, 0.1) is 0 Å². The summed E-state index contributed by atoms with van der Waals surface area (Å²) in [6, 6.07) is 2.10. The lowest BCUT2D eigenvalue weighted by Gasteiger charge is -1.97. The molecule has 0 aliphatic rings. The molecule has 0 aromatic carbocycles. The van der Waals surface area contributed by atoms with Crippen molar-refractivity contribution in [3.05, 3.63) is 24.0 Å². The highest BCUT2D eigenvalue weighted by Crippen LogP contribution is 2.06. The summed E-state index contributed by atoms with van der Waals surface area (Å²) in [5.41, 5.74) is 1.37. The molecular formula is C10H16NO. The van der Waals surface area contributed by atoms with Gasteiger partial charge in [-0.05, 0) is 30.9 Å². The Bertz CT molecular complexity index is 182. The van der Waals surface area contributed by atoms with E-state index in [-0.39, 0.29) is 6.61 Å². The van der Waals surface area contributed by atoms with Crippen LogP contribution in [0.1, 0.15) is 31.2 Å². The Kier molecular flexibility index (Phi) is 4.54. The molecule has 0 saturated heterocycles. The fraction of sp³-hybridized carbons (Fsp3) is 0.600. The number of hydrogen-bond donors (Lipinski definition) is 1. The normalized spacial score (nSPS) is 10.4. The first-order chi connectivity index (χ1) is 5.93. The number of aryl methyl sites for hydroxylation is 1. The summed E-state index contributed by atoms with van der Waals surface area (Å²) in [6.07, 6.45) is 9.45. The summed E-state index contributed by atoms with van der Waals surface area (Å²) >= 11 is 0. The van der Waals surface area contributed by atoms with Crippen LogP contribution < -0.4 is 0 Å². The van der Waals surface area contributed by atoms with Gasteiger partial charge in [-0.1, -0.05) is 12.8 Å². The van der Waals surface area contributed by atoms with E-state index in [1.807, 2.05) is 12.4 Å². The van der Waals surface area contributed by atoms with Crippen LogP contribution in [-0.2, 0) is 11.5 Å². The lowest BCUT2D eigenvalue weighted by molar-refractivity contribution is 0.186. The smallest absolute Gasteiger partial charge is 0.0822 e. The quantitative estimate of drug-likeness (QED) is 0.630. The van der Waals surface area contributed by atoms with Gasteiger partial charge in [0, 0.05) is 12.4 Å². The van der Waals surface area contributed by atoms with Crippen LogP contribution in [0.2, 0.25) is 0 Å². The molecule has 0 aliphatic heterocycles. The minimum absolute atomic E-state index is 0.0875. The van der Waals surface area contributed by atoms with Crippen LogP contribution >= 0.6 is 0 Å². The van der Waals surface area contributed by atoms with Crippen molar-refractivity contribution in [3.8, 4) is 0 Å².